The Bertz CT molecular complexity index is 610. The Balaban J connectivity index is 1.65. The van der Waals surface area contributed by atoms with Crippen molar-refractivity contribution in [3.05, 3.63) is 23.8 Å². The first-order chi connectivity index (χ1) is 11.7. The quantitative estimate of drug-likeness (QED) is 0.841. The van der Waals surface area contributed by atoms with Crippen LogP contribution in [0.15, 0.2) is 18.2 Å². The lowest BCUT2D eigenvalue weighted by atomic mass is 9.71. The average molecular weight is 328 g/mol. The maximum Gasteiger partial charge on any atom is 0.221 e. The second-order valence-electron chi connectivity index (χ2n) is 7.65. The lowest BCUT2D eigenvalue weighted by molar-refractivity contribution is -0.114. The van der Waals surface area contributed by atoms with E-state index in [0.29, 0.717) is 12.0 Å². The van der Waals surface area contributed by atoms with E-state index in [0.717, 1.165) is 24.6 Å². The summed E-state index contributed by atoms with van der Waals surface area (Å²) < 4.78 is 6.24. The van der Waals surface area contributed by atoms with Gasteiger partial charge in [-0.15, -0.1) is 0 Å². The van der Waals surface area contributed by atoms with Crippen molar-refractivity contribution in [2.24, 2.45) is 11.8 Å². The first-order valence-electron chi connectivity index (χ1n) is 9.52. The van der Waals surface area contributed by atoms with Crippen molar-refractivity contribution in [2.45, 2.75) is 64.0 Å². The molecule has 1 amide bonds. The molecule has 2 aliphatic heterocycles. The molecule has 1 aliphatic carbocycles. The summed E-state index contributed by atoms with van der Waals surface area (Å²) >= 11 is 0. The van der Waals surface area contributed by atoms with Gasteiger partial charge < -0.3 is 15.4 Å². The van der Waals surface area contributed by atoms with Crippen LogP contribution in [0.25, 0.3) is 0 Å². The molecule has 130 valence electrons. The Labute approximate surface area is 144 Å². The van der Waals surface area contributed by atoms with Crippen LogP contribution in [0.4, 0.5) is 11.4 Å². The van der Waals surface area contributed by atoms with Gasteiger partial charge in [0.05, 0.1) is 6.10 Å². The molecule has 24 heavy (non-hydrogen) atoms. The van der Waals surface area contributed by atoms with Crippen LogP contribution in [0.3, 0.4) is 0 Å². The van der Waals surface area contributed by atoms with Gasteiger partial charge in [0, 0.05) is 42.4 Å². The summed E-state index contributed by atoms with van der Waals surface area (Å²) in [5.41, 5.74) is 3.29. The molecule has 4 rings (SSSR count). The van der Waals surface area contributed by atoms with Gasteiger partial charge >= 0.3 is 0 Å². The summed E-state index contributed by atoms with van der Waals surface area (Å²) in [5.74, 6) is 1.30. The van der Waals surface area contributed by atoms with Crippen LogP contribution in [0.2, 0.25) is 0 Å². The van der Waals surface area contributed by atoms with Gasteiger partial charge in [-0.1, -0.05) is 19.3 Å². The monoisotopic (exact) mass is 328 g/mol. The van der Waals surface area contributed by atoms with Crippen molar-refractivity contribution >= 4 is 17.3 Å². The van der Waals surface area contributed by atoms with Gasteiger partial charge in [-0.05, 0) is 49.8 Å². The van der Waals surface area contributed by atoms with Crippen LogP contribution in [0, 0.1) is 11.8 Å². The topological polar surface area (TPSA) is 50.4 Å². The minimum Gasteiger partial charge on any atom is -0.381 e. The van der Waals surface area contributed by atoms with Crippen molar-refractivity contribution < 1.29 is 9.53 Å². The Kier molecular flexibility index (Phi) is 4.49. The van der Waals surface area contributed by atoms with Gasteiger partial charge in [-0.2, -0.15) is 0 Å². The summed E-state index contributed by atoms with van der Waals surface area (Å²) in [6.45, 7) is 2.40. The minimum absolute atomic E-state index is 0.0279. The number of carbonyl (C=O) groups excluding carboxylic acids is 1. The molecule has 0 aromatic heterocycles. The van der Waals surface area contributed by atoms with Crippen LogP contribution in [0.1, 0.15) is 63.5 Å². The lowest BCUT2D eigenvalue weighted by Gasteiger charge is -2.47. The van der Waals surface area contributed by atoms with Gasteiger partial charge in [-0.3, -0.25) is 4.79 Å². The predicted octanol–water partition coefficient (Wildman–Crippen LogP) is 4.49. The molecule has 1 saturated heterocycles. The number of amides is 1. The SMILES string of the molecule is CC(=O)Nc1ccc2c(c1)C1OCCC[C@H]1[C@@H](C1CCCCC1)N2. The van der Waals surface area contributed by atoms with Crippen LogP contribution in [-0.2, 0) is 9.53 Å². The third-order valence-corrected chi connectivity index (χ3v) is 5.99. The Morgan fingerprint density at radius 1 is 1.17 bits per heavy atom. The maximum atomic E-state index is 11.4. The Morgan fingerprint density at radius 2 is 2.00 bits per heavy atom. The molecule has 2 fully saturated rings. The van der Waals surface area contributed by atoms with E-state index in [1.54, 1.807) is 6.92 Å². The summed E-state index contributed by atoms with van der Waals surface area (Å²) in [6.07, 6.45) is 9.40. The van der Waals surface area contributed by atoms with E-state index < -0.39 is 0 Å². The molecule has 2 N–H and O–H groups in total. The number of hydrogen-bond acceptors (Lipinski definition) is 3. The summed E-state index contributed by atoms with van der Waals surface area (Å²) in [7, 11) is 0. The molecular formula is C20H28N2O2. The zero-order valence-electron chi connectivity index (χ0n) is 14.5. The fourth-order valence-corrected chi connectivity index (χ4v) is 4.95. The van der Waals surface area contributed by atoms with E-state index in [9.17, 15) is 4.79 Å². The van der Waals surface area contributed by atoms with Gasteiger partial charge in [-0.25, -0.2) is 0 Å². The molecule has 4 heteroatoms. The number of nitrogens with one attached hydrogen (secondary N) is 2. The van der Waals surface area contributed by atoms with Crippen molar-refractivity contribution in [3.63, 3.8) is 0 Å². The zero-order chi connectivity index (χ0) is 16.5. The summed E-state index contributed by atoms with van der Waals surface area (Å²) in [4.78, 5) is 11.4. The number of ether oxygens (including phenoxy) is 1. The van der Waals surface area contributed by atoms with E-state index in [4.69, 9.17) is 4.74 Å². The largest absolute Gasteiger partial charge is 0.381 e. The molecule has 4 nitrogen and oxygen atoms in total. The molecule has 1 unspecified atom stereocenters. The van der Waals surface area contributed by atoms with Crippen molar-refractivity contribution in [2.75, 3.05) is 17.2 Å². The Hall–Kier alpha value is -1.55. The van der Waals surface area contributed by atoms with Gasteiger partial charge in [0.1, 0.15) is 0 Å². The number of hydrogen-bond donors (Lipinski definition) is 2. The standard InChI is InChI=1S/C20H28N2O2/c1-13(23)21-15-9-10-18-17(12-15)20-16(8-5-11-24-20)19(22-18)14-6-3-2-4-7-14/h9-10,12,14,16,19-20,22H,2-8,11H2,1H3,(H,21,23)/t16-,19+,20?/m0/s1. The van der Waals surface area contributed by atoms with Gasteiger partial charge in [0.2, 0.25) is 5.91 Å². The first-order valence-corrected chi connectivity index (χ1v) is 9.52. The van der Waals surface area contributed by atoms with Gasteiger partial charge in [0.15, 0.2) is 0 Å². The van der Waals surface area contributed by atoms with Crippen LogP contribution < -0.4 is 10.6 Å². The number of carbonyl (C=O) groups is 1. The molecule has 1 aromatic carbocycles. The second kappa shape index (κ2) is 6.75. The Morgan fingerprint density at radius 3 is 2.79 bits per heavy atom. The fraction of sp³-hybridized carbons (Fsp3) is 0.650. The molecule has 1 saturated carbocycles. The van der Waals surface area contributed by atoms with Crippen molar-refractivity contribution in [3.8, 4) is 0 Å². The molecule has 1 aromatic rings. The highest BCUT2D eigenvalue weighted by molar-refractivity contribution is 5.89. The second-order valence-corrected chi connectivity index (χ2v) is 7.65. The van der Waals surface area contributed by atoms with Crippen LogP contribution in [-0.4, -0.2) is 18.6 Å². The summed E-state index contributed by atoms with van der Waals surface area (Å²) in [6, 6.07) is 6.75. The van der Waals surface area contributed by atoms with Crippen molar-refractivity contribution in [1.29, 1.82) is 0 Å². The molecule has 0 spiro atoms. The highest BCUT2D eigenvalue weighted by atomic mass is 16.5. The average Bonchev–Trinajstić information content (AvgIpc) is 2.61. The van der Waals surface area contributed by atoms with E-state index in [1.165, 1.54) is 49.8 Å². The minimum atomic E-state index is -0.0279. The molecule has 0 radical (unpaired) electrons. The van der Waals surface area contributed by atoms with E-state index in [-0.39, 0.29) is 12.0 Å². The number of benzene rings is 1. The zero-order valence-corrected chi connectivity index (χ0v) is 14.5. The lowest BCUT2D eigenvalue weighted by Crippen LogP contribution is -2.46. The smallest absolute Gasteiger partial charge is 0.221 e. The molecule has 0 bridgehead atoms. The number of anilines is 2. The predicted molar refractivity (Wildman–Crippen MR) is 96.1 cm³/mol. The molecular weight excluding hydrogens is 300 g/mol. The van der Waals surface area contributed by atoms with Crippen LogP contribution in [0.5, 0.6) is 0 Å². The third-order valence-electron chi connectivity index (χ3n) is 5.99. The molecule has 3 aliphatic rings. The van der Waals surface area contributed by atoms with E-state index >= 15 is 0 Å². The van der Waals surface area contributed by atoms with E-state index in [1.807, 2.05) is 6.07 Å². The maximum absolute atomic E-state index is 11.4. The normalized spacial score (nSPS) is 30.0. The molecule has 3 atom stereocenters. The van der Waals surface area contributed by atoms with Crippen LogP contribution >= 0.6 is 0 Å². The van der Waals surface area contributed by atoms with Gasteiger partial charge in [0.25, 0.3) is 0 Å². The highest BCUT2D eigenvalue weighted by Gasteiger charge is 2.42. The molecule has 2 heterocycles. The number of rotatable bonds is 2. The highest BCUT2D eigenvalue weighted by Crippen LogP contribution is 2.48. The number of fused-ring (bicyclic) bond motifs is 3. The fourth-order valence-electron chi connectivity index (χ4n) is 4.95. The first kappa shape index (κ1) is 15.9. The van der Waals surface area contributed by atoms with E-state index in [2.05, 4.69) is 22.8 Å². The summed E-state index contributed by atoms with van der Waals surface area (Å²) in [5, 5.41) is 6.76. The third kappa shape index (κ3) is 3.04. The van der Waals surface area contributed by atoms with Crippen molar-refractivity contribution in [1.82, 2.24) is 0 Å².